The van der Waals surface area contributed by atoms with Gasteiger partial charge >= 0.3 is 5.97 Å². The fourth-order valence-corrected chi connectivity index (χ4v) is 6.37. The number of carbonyl (C=O) groups excluding carboxylic acids is 2. The van der Waals surface area contributed by atoms with Crippen LogP contribution >= 0.6 is 0 Å². The Morgan fingerprint density at radius 3 is 2.68 bits per heavy atom. The highest BCUT2D eigenvalue weighted by Gasteiger charge is 2.48. The lowest BCUT2D eigenvalue weighted by Crippen LogP contribution is -2.46. The highest BCUT2D eigenvalue weighted by Crippen LogP contribution is 2.43. The van der Waals surface area contributed by atoms with Crippen LogP contribution in [-0.4, -0.2) is 83.2 Å². The van der Waals surface area contributed by atoms with Crippen LogP contribution < -0.4 is 14.4 Å². The maximum absolute atomic E-state index is 13.8. The molecule has 1 unspecified atom stereocenters. The molecule has 2 aromatic rings. The first-order chi connectivity index (χ1) is 19.7. The molecule has 41 heavy (non-hydrogen) atoms. The molecule has 0 aliphatic carbocycles. The van der Waals surface area contributed by atoms with Crippen LogP contribution in [0.2, 0.25) is 0 Å². The zero-order chi connectivity index (χ0) is 29.1. The number of aliphatic carboxylic acids is 1. The van der Waals surface area contributed by atoms with Crippen LogP contribution in [0.5, 0.6) is 11.5 Å². The highest BCUT2D eigenvalue weighted by molar-refractivity contribution is 5.94. The molecule has 0 saturated carbocycles. The summed E-state index contributed by atoms with van der Waals surface area (Å²) in [4.78, 5) is 49.4. The lowest BCUT2D eigenvalue weighted by atomic mass is 9.84. The molecule has 0 bridgehead atoms. The van der Waals surface area contributed by atoms with Crippen molar-refractivity contribution >= 4 is 23.5 Å². The number of hydrogen-bond acceptors (Lipinski definition) is 7. The second-order valence-corrected chi connectivity index (χ2v) is 11.9. The Bertz CT molecular complexity index is 1270. The average molecular weight is 565 g/mol. The maximum atomic E-state index is 13.8. The van der Waals surface area contributed by atoms with Crippen LogP contribution in [0.4, 0.5) is 5.69 Å². The van der Waals surface area contributed by atoms with Crippen molar-refractivity contribution in [2.45, 2.75) is 58.4 Å². The maximum Gasteiger partial charge on any atom is 0.308 e. The SMILES string of the molecule is CCCCN(C(=O)CN1C[C@H](c2ccc3c(c2)OCO3)C(C(=O)O)[C@@H]1CCN1CCC(C)(C)C1=O)c1cccnc1. The minimum atomic E-state index is -0.907. The van der Waals surface area contributed by atoms with E-state index in [2.05, 4.69) is 11.9 Å². The lowest BCUT2D eigenvalue weighted by Gasteiger charge is -2.31. The molecule has 0 radical (unpaired) electrons. The van der Waals surface area contributed by atoms with E-state index in [4.69, 9.17) is 9.47 Å². The van der Waals surface area contributed by atoms with Gasteiger partial charge in [-0.3, -0.25) is 24.3 Å². The number of ether oxygens (including phenoxy) is 2. The number of amides is 2. The molecule has 2 amide bonds. The van der Waals surface area contributed by atoms with Gasteiger partial charge in [0.1, 0.15) is 0 Å². The molecular formula is C31H40N4O6. The molecule has 2 saturated heterocycles. The van der Waals surface area contributed by atoms with E-state index in [-0.39, 0.29) is 31.1 Å². The van der Waals surface area contributed by atoms with Gasteiger partial charge in [0.15, 0.2) is 11.5 Å². The molecule has 4 heterocycles. The van der Waals surface area contributed by atoms with Gasteiger partial charge in [0, 0.05) is 49.8 Å². The molecule has 0 spiro atoms. The first-order valence-electron chi connectivity index (χ1n) is 14.6. The van der Waals surface area contributed by atoms with Crippen molar-refractivity contribution in [1.82, 2.24) is 14.8 Å². The van der Waals surface area contributed by atoms with Crippen LogP contribution in [-0.2, 0) is 14.4 Å². The molecule has 10 heteroatoms. The molecule has 220 valence electrons. The largest absolute Gasteiger partial charge is 0.481 e. The van der Waals surface area contributed by atoms with Crippen molar-refractivity contribution in [3.63, 3.8) is 0 Å². The summed E-state index contributed by atoms with van der Waals surface area (Å²) in [5.74, 6) is -0.768. The quantitative estimate of drug-likeness (QED) is 0.439. The zero-order valence-corrected chi connectivity index (χ0v) is 24.1. The predicted octanol–water partition coefficient (Wildman–Crippen LogP) is 3.76. The van der Waals surface area contributed by atoms with Gasteiger partial charge in [0.2, 0.25) is 18.6 Å². The Hall–Kier alpha value is -3.66. The summed E-state index contributed by atoms with van der Waals surface area (Å²) in [5.41, 5.74) is 1.17. The molecule has 1 N–H and O–H groups in total. The standard InChI is InChI=1S/C31H40N4O6/c1-4-5-13-35(22-7-6-12-32-17-22)27(36)19-34-18-23(21-8-9-25-26(16-21)41-20-40-25)28(29(37)38)24(34)10-14-33-15-11-31(2,3)30(33)39/h6-9,12,16-17,23-24,28H,4-5,10-11,13-15,18-20H2,1-3H3,(H,37,38)/t23-,24+,28?/m1/s1. The minimum Gasteiger partial charge on any atom is -0.481 e. The van der Waals surface area contributed by atoms with Gasteiger partial charge in [-0.2, -0.15) is 0 Å². The summed E-state index contributed by atoms with van der Waals surface area (Å²) in [6.07, 6.45) is 6.38. The second kappa shape index (κ2) is 12.1. The van der Waals surface area contributed by atoms with E-state index in [1.54, 1.807) is 17.3 Å². The highest BCUT2D eigenvalue weighted by atomic mass is 16.7. The van der Waals surface area contributed by atoms with E-state index in [1.165, 1.54) is 0 Å². The monoisotopic (exact) mass is 564 g/mol. The predicted molar refractivity (Wildman–Crippen MR) is 153 cm³/mol. The number of carboxylic acids is 1. The molecule has 10 nitrogen and oxygen atoms in total. The van der Waals surface area contributed by atoms with Gasteiger partial charge in [0.25, 0.3) is 0 Å². The summed E-state index contributed by atoms with van der Waals surface area (Å²) < 4.78 is 11.0. The number of rotatable bonds is 11. The molecule has 3 aliphatic rings. The summed E-state index contributed by atoms with van der Waals surface area (Å²) in [7, 11) is 0. The number of hydrogen-bond donors (Lipinski definition) is 1. The Balaban J connectivity index is 1.42. The van der Waals surface area contributed by atoms with Crippen LogP contribution in [0.15, 0.2) is 42.7 Å². The van der Waals surface area contributed by atoms with E-state index < -0.39 is 23.3 Å². The Kier molecular flexibility index (Phi) is 8.49. The number of carboxylic acid groups (broad SMARTS) is 1. The third kappa shape index (κ3) is 6.02. The van der Waals surface area contributed by atoms with Crippen LogP contribution in [0, 0.1) is 11.3 Å². The number of pyridine rings is 1. The normalized spacial score (nSPS) is 23.2. The third-order valence-corrected chi connectivity index (χ3v) is 8.76. The van der Waals surface area contributed by atoms with Gasteiger partial charge in [0.05, 0.1) is 24.3 Å². The van der Waals surface area contributed by atoms with E-state index in [1.807, 2.05) is 54.0 Å². The molecule has 2 fully saturated rings. The van der Waals surface area contributed by atoms with Crippen molar-refractivity contribution in [1.29, 1.82) is 0 Å². The Morgan fingerprint density at radius 2 is 2.00 bits per heavy atom. The summed E-state index contributed by atoms with van der Waals surface area (Å²) in [6, 6.07) is 8.83. The van der Waals surface area contributed by atoms with Crippen molar-refractivity contribution in [2.75, 3.05) is 44.4 Å². The number of likely N-dealkylation sites (tertiary alicyclic amines) is 2. The van der Waals surface area contributed by atoms with Crippen molar-refractivity contribution in [2.24, 2.45) is 11.3 Å². The van der Waals surface area contributed by atoms with Gasteiger partial charge < -0.3 is 24.4 Å². The topological polar surface area (TPSA) is 113 Å². The lowest BCUT2D eigenvalue weighted by molar-refractivity contribution is -0.143. The van der Waals surface area contributed by atoms with Crippen molar-refractivity contribution < 1.29 is 29.0 Å². The van der Waals surface area contributed by atoms with Crippen molar-refractivity contribution in [3.05, 3.63) is 48.3 Å². The first kappa shape index (κ1) is 28.9. The molecule has 3 atom stereocenters. The van der Waals surface area contributed by atoms with E-state index in [9.17, 15) is 19.5 Å². The number of unbranched alkanes of at least 4 members (excludes halogenated alkanes) is 1. The second-order valence-electron chi connectivity index (χ2n) is 11.9. The Morgan fingerprint density at radius 1 is 1.20 bits per heavy atom. The zero-order valence-electron chi connectivity index (χ0n) is 24.1. The number of fused-ring (bicyclic) bond motifs is 1. The van der Waals surface area contributed by atoms with Gasteiger partial charge in [-0.15, -0.1) is 0 Å². The number of nitrogens with zero attached hydrogens (tertiary/aromatic N) is 4. The van der Waals surface area contributed by atoms with E-state index >= 15 is 0 Å². The van der Waals surface area contributed by atoms with E-state index in [0.29, 0.717) is 44.1 Å². The summed E-state index contributed by atoms with van der Waals surface area (Å²) >= 11 is 0. The van der Waals surface area contributed by atoms with Gasteiger partial charge in [-0.1, -0.05) is 33.3 Å². The molecular weight excluding hydrogens is 524 g/mol. The fraction of sp³-hybridized carbons (Fsp3) is 0.548. The Labute approximate surface area is 241 Å². The number of carbonyl (C=O) groups is 3. The molecule has 3 aliphatic heterocycles. The fourth-order valence-electron chi connectivity index (χ4n) is 6.37. The van der Waals surface area contributed by atoms with Crippen LogP contribution in [0.25, 0.3) is 0 Å². The van der Waals surface area contributed by atoms with Gasteiger partial charge in [-0.05, 0) is 49.1 Å². The molecule has 1 aromatic heterocycles. The number of anilines is 1. The molecule has 5 rings (SSSR count). The van der Waals surface area contributed by atoms with Crippen molar-refractivity contribution in [3.8, 4) is 11.5 Å². The van der Waals surface area contributed by atoms with Gasteiger partial charge in [-0.25, -0.2) is 0 Å². The number of aromatic nitrogens is 1. The number of benzene rings is 1. The molecule has 1 aromatic carbocycles. The summed E-state index contributed by atoms with van der Waals surface area (Å²) in [6.45, 7) is 8.28. The average Bonchev–Trinajstić information content (AvgIpc) is 3.64. The first-order valence-corrected chi connectivity index (χ1v) is 14.6. The summed E-state index contributed by atoms with van der Waals surface area (Å²) in [5, 5.41) is 10.5. The smallest absolute Gasteiger partial charge is 0.308 e. The minimum absolute atomic E-state index is 0.0769. The van der Waals surface area contributed by atoms with Crippen LogP contribution in [0.1, 0.15) is 57.9 Å². The van der Waals surface area contributed by atoms with E-state index in [0.717, 1.165) is 30.5 Å². The van der Waals surface area contributed by atoms with Crippen LogP contribution in [0.3, 0.4) is 0 Å². The third-order valence-electron chi connectivity index (χ3n) is 8.76.